The lowest BCUT2D eigenvalue weighted by Gasteiger charge is -2.12. The van der Waals surface area contributed by atoms with Crippen LogP contribution in [0.3, 0.4) is 0 Å². The Hall–Kier alpha value is -7.62. The lowest BCUT2D eigenvalue weighted by Crippen LogP contribution is -1.97. The highest BCUT2D eigenvalue weighted by Crippen LogP contribution is 2.39. The standard InChI is InChI=1S/C54H35N3/c1-2-14-36(15-3-1)37-16-12-17-38(32-37)39-18-13-19-40(33-39)55-51-26-10-6-22-45(51)47-35-42(29-30-53(47)55)57-52-27-11-7-23-46(52)48-34-41(28-31-54(48)57)56-49-24-8-4-20-43(49)44-21-5-9-25-50(44)56/h1-35H/i4D,5D,6D,7D,8D,9D,10D,11D,20D,21D,22D,23D,24D,25D,26D,27D,28D,29D,30D,31D,35D. The number of rotatable bonds is 5. The van der Waals surface area contributed by atoms with Crippen molar-refractivity contribution in [3.05, 3.63) is 212 Å². The smallest absolute Gasteiger partial charge is 0.0652 e. The summed E-state index contributed by atoms with van der Waals surface area (Å²) in [6.45, 7) is 0. The Labute approximate surface area is 359 Å². The van der Waals surface area contributed by atoms with Gasteiger partial charge >= 0.3 is 0 Å². The van der Waals surface area contributed by atoms with Gasteiger partial charge in [0.15, 0.2) is 0 Å². The van der Waals surface area contributed by atoms with E-state index in [0.29, 0.717) is 11.3 Å². The maximum atomic E-state index is 10.1. The quantitative estimate of drug-likeness (QED) is 0.167. The van der Waals surface area contributed by atoms with Crippen molar-refractivity contribution in [2.24, 2.45) is 0 Å². The lowest BCUT2D eigenvalue weighted by molar-refractivity contribution is 1.16. The van der Waals surface area contributed by atoms with Crippen LogP contribution < -0.4 is 0 Å². The highest BCUT2D eigenvalue weighted by molar-refractivity contribution is 6.14. The zero-order chi connectivity index (χ0) is 55.7. The van der Waals surface area contributed by atoms with E-state index in [1.54, 1.807) is 18.2 Å². The molecular weight excluding hydrogens is 691 g/mol. The Morgan fingerprint density at radius 2 is 0.702 bits per heavy atom. The first-order chi connectivity index (χ1) is 37.0. The molecular formula is C54H35N3. The summed E-state index contributed by atoms with van der Waals surface area (Å²) in [7, 11) is 0. The lowest BCUT2D eigenvalue weighted by atomic mass is 9.99. The van der Waals surface area contributed by atoms with Crippen LogP contribution in [0.15, 0.2) is 212 Å². The summed E-state index contributed by atoms with van der Waals surface area (Å²) >= 11 is 0. The van der Waals surface area contributed by atoms with E-state index in [0.717, 1.165) is 25.8 Å². The molecule has 3 nitrogen and oxygen atoms in total. The van der Waals surface area contributed by atoms with Crippen molar-refractivity contribution in [1.29, 1.82) is 0 Å². The molecule has 0 unspecified atom stereocenters. The van der Waals surface area contributed by atoms with Crippen LogP contribution in [-0.4, -0.2) is 13.7 Å². The summed E-state index contributed by atoms with van der Waals surface area (Å²) in [6.07, 6.45) is 0. The predicted molar refractivity (Wildman–Crippen MR) is 240 cm³/mol. The third kappa shape index (κ3) is 4.86. The average molecular weight is 747 g/mol. The van der Waals surface area contributed by atoms with Crippen LogP contribution in [0.25, 0.3) is 105 Å². The number of para-hydroxylation sites is 4. The summed E-state index contributed by atoms with van der Waals surface area (Å²) in [5.74, 6) is 0. The maximum absolute atomic E-state index is 10.1. The molecule has 266 valence electrons. The topological polar surface area (TPSA) is 14.8 Å². The van der Waals surface area contributed by atoms with Crippen molar-refractivity contribution in [3.8, 4) is 39.3 Å². The monoisotopic (exact) mass is 746 g/mol. The van der Waals surface area contributed by atoms with Crippen molar-refractivity contribution < 1.29 is 28.8 Å². The first kappa shape index (κ1) is 17.5. The van der Waals surface area contributed by atoms with Gasteiger partial charge in [0.2, 0.25) is 0 Å². The highest BCUT2D eigenvalue weighted by atomic mass is 15.0. The SMILES string of the molecule is [2H]c1c([2H])c([2H])c2c(c1[2H])c1cc(-n3c4c([2H])c([2H])c([2H])c([2H])c4c4c([2H])c([2H])c([2H])c([2H])c43)c([2H])c([2H])c1n2-c1c([2H])c([2H])c2c(c1[2H])c1c([2H])c([2H])c([2H])c([2H])c1n2-c1cccc(-c2cccc(-c3ccccc3)c2)c1. The number of hydrogen-bond acceptors (Lipinski definition) is 0. The molecule has 0 aliphatic rings. The van der Waals surface area contributed by atoms with Crippen LogP contribution in [0.1, 0.15) is 28.8 Å². The van der Waals surface area contributed by atoms with Crippen molar-refractivity contribution in [2.45, 2.75) is 0 Å². The summed E-state index contributed by atoms with van der Waals surface area (Å²) in [6, 6.07) is 10.9. The predicted octanol–water partition coefficient (Wildman–Crippen LogP) is 14.3. The molecule has 0 saturated carbocycles. The molecule has 0 aliphatic carbocycles. The molecule has 12 rings (SSSR count). The molecule has 0 fully saturated rings. The Morgan fingerprint density at radius 3 is 1.33 bits per heavy atom. The van der Waals surface area contributed by atoms with E-state index in [-0.39, 0.29) is 54.4 Å². The van der Waals surface area contributed by atoms with Crippen LogP contribution in [0.5, 0.6) is 0 Å². The van der Waals surface area contributed by atoms with Crippen LogP contribution in [0, 0.1) is 0 Å². The van der Waals surface area contributed by atoms with Gasteiger partial charge in [0.1, 0.15) is 0 Å². The molecule has 3 heteroatoms. The van der Waals surface area contributed by atoms with E-state index < -0.39 is 149 Å². The van der Waals surface area contributed by atoms with Gasteiger partial charge in [-0.05, 0) is 101 Å². The molecule has 0 spiro atoms. The summed E-state index contributed by atoms with van der Waals surface area (Å²) in [5.41, 5.74) is 0.749. The summed E-state index contributed by atoms with van der Waals surface area (Å²) in [4.78, 5) is 0. The minimum absolute atomic E-state index is 0.143. The third-order valence-electron chi connectivity index (χ3n) is 10.3. The zero-order valence-corrected chi connectivity index (χ0v) is 29.4. The second-order valence-electron chi connectivity index (χ2n) is 13.4. The van der Waals surface area contributed by atoms with Gasteiger partial charge in [-0.3, -0.25) is 0 Å². The Morgan fingerprint density at radius 1 is 0.281 bits per heavy atom. The van der Waals surface area contributed by atoms with E-state index in [4.69, 9.17) is 16.4 Å². The van der Waals surface area contributed by atoms with Gasteiger partial charge in [-0.1, -0.05) is 133 Å². The average Bonchev–Trinajstić information content (AvgIpc) is 4.25. The van der Waals surface area contributed by atoms with E-state index in [2.05, 4.69) is 0 Å². The van der Waals surface area contributed by atoms with Gasteiger partial charge in [0.05, 0.1) is 61.9 Å². The van der Waals surface area contributed by atoms with E-state index in [9.17, 15) is 12.3 Å². The Bertz CT molecular complexity index is 4670. The molecule has 0 saturated heterocycles. The maximum Gasteiger partial charge on any atom is 0.0652 e. The molecule has 0 bridgehead atoms. The Balaban J connectivity index is 1.22. The molecule has 57 heavy (non-hydrogen) atoms. The van der Waals surface area contributed by atoms with Crippen LogP contribution in [0.2, 0.25) is 0 Å². The van der Waals surface area contributed by atoms with Crippen molar-refractivity contribution in [2.75, 3.05) is 0 Å². The van der Waals surface area contributed by atoms with Crippen molar-refractivity contribution >= 4 is 65.4 Å². The van der Waals surface area contributed by atoms with Crippen molar-refractivity contribution in [3.63, 3.8) is 0 Å². The molecule has 3 aromatic heterocycles. The fourth-order valence-electron chi connectivity index (χ4n) is 7.79. The van der Waals surface area contributed by atoms with Crippen LogP contribution in [0.4, 0.5) is 0 Å². The Kier molecular flexibility index (Phi) is 3.81. The van der Waals surface area contributed by atoms with Gasteiger partial charge in [-0.2, -0.15) is 0 Å². The number of nitrogens with zero attached hydrogens (tertiary/aromatic N) is 3. The molecule has 0 atom stereocenters. The second-order valence-corrected chi connectivity index (χ2v) is 13.4. The number of benzene rings is 9. The fourth-order valence-corrected chi connectivity index (χ4v) is 7.79. The van der Waals surface area contributed by atoms with Gasteiger partial charge in [0.25, 0.3) is 0 Å². The molecule has 0 radical (unpaired) electrons. The highest BCUT2D eigenvalue weighted by Gasteiger charge is 2.19. The number of fused-ring (bicyclic) bond motifs is 9. The summed E-state index contributed by atoms with van der Waals surface area (Å²) in [5, 5.41) is -1.67. The minimum atomic E-state index is -0.783. The first-order valence-corrected chi connectivity index (χ1v) is 17.9. The molecule has 12 aromatic rings. The minimum Gasteiger partial charge on any atom is -0.309 e. The number of aromatic nitrogens is 3. The van der Waals surface area contributed by atoms with Crippen LogP contribution in [-0.2, 0) is 0 Å². The fraction of sp³-hybridized carbons (Fsp3) is 0. The number of hydrogen-bond donors (Lipinski definition) is 0. The zero-order valence-electron chi connectivity index (χ0n) is 50.4. The van der Waals surface area contributed by atoms with Gasteiger partial charge in [-0.15, -0.1) is 0 Å². The molecule has 0 amide bonds. The first-order valence-electron chi connectivity index (χ1n) is 28.4. The normalized spacial score (nSPS) is 17.0. The van der Waals surface area contributed by atoms with E-state index in [1.165, 1.54) is 10.6 Å². The molecule has 3 heterocycles. The van der Waals surface area contributed by atoms with Gasteiger partial charge in [-0.25, -0.2) is 0 Å². The van der Waals surface area contributed by atoms with E-state index in [1.807, 2.05) is 60.7 Å². The second kappa shape index (κ2) is 12.5. The van der Waals surface area contributed by atoms with Crippen LogP contribution >= 0.6 is 0 Å². The molecule has 0 aliphatic heterocycles. The summed E-state index contributed by atoms with van der Waals surface area (Å²) < 4.78 is 196. The van der Waals surface area contributed by atoms with Gasteiger partial charge in [0, 0.05) is 49.4 Å². The molecule has 0 N–H and O–H groups in total. The molecule has 9 aromatic carbocycles. The van der Waals surface area contributed by atoms with E-state index >= 15 is 0 Å². The van der Waals surface area contributed by atoms with Crippen molar-refractivity contribution in [1.82, 2.24) is 13.7 Å². The largest absolute Gasteiger partial charge is 0.309 e. The van der Waals surface area contributed by atoms with Gasteiger partial charge < -0.3 is 13.7 Å². The third-order valence-corrected chi connectivity index (χ3v) is 10.3.